The Labute approximate surface area is 160 Å². The third-order valence-electron chi connectivity index (χ3n) is 4.48. The molecule has 27 heavy (non-hydrogen) atoms. The minimum Gasteiger partial charge on any atom is -0.342 e. The van der Waals surface area contributed by atoms with Gasteiger partial charge in [-0.05, 0) is 30.5 Å². The Kier molecular flexibility index (Phi) is 7.04. The van der Waals surface area contributed by atoms with Crippen LogP contribution in [0.25, 0.3) is 11.4 Å². The largest absolute Gasteiger partial charge is 0.342 e. The molecule has 2 rings (SSSR count). The van der Waals surface area contributed by atoms with Crippen LogP contribution in [-0.2, 0) is 16.1 Å². The molecule has 0 atom stereocenters. The molecule has 0 spiro atoms. The molecule has 1 aromatic heterocycles. The van der Waals surface area contributed by atoms with E-state index in [0.29, 0.717) is 24.8 Å². The topological polar surface area (TPSA) is 84.2 Å². The van der Waals surface area contributed by atoms with Gasteiger partial charge in [0.2, 0.25) is 17.6 Å². The van der Waals surface area contributed by atoms with E-state index < -0.39 is 0 Å². The van der Waals surface area contributed by atoms with E-state index in [1.54, 1.807) is 11.9 Å². The van der Waals surface area contributed by atoms with Crippen LogP contribution in [0.2, 0.25) is 0 Å². The van der Waals surface area contributed by atoms with Crippen LogP contribution in [0.4, 0.5) is 0 Å². The normalized spacial score (nSPS) is 10.9. The summed E-state index contributed by atoms with van der Waals surface area (Å²) in [4.78, 5) is 28.8. The molecule has 0 aliphatic heterocycles. The fraction of sp³-hybridized carbons (Fsp3) is 0.526. The summed E-state index contributed by atoms with van der Waals surface area (Å²) in [6.07, 6.45) is 0. The average Bonchev–Trinajstić information content (AvgIpc) is 3.11. The summed E-state index contributed by atoms with van der Waals surface area (Å²) in [6.45, 7) is 9.34. The number of rotatable bonds is 8. The van der Waals surface area contributed by atoms with Gasteiger partial charge in [-0.3, -0.25) is 9.59 Å². The molecule has 2 amide bonds. The van der Waals surface area contributed by atoms with Crippen LogP contribution in [0.5, 0.6) is 0 Å². The van der Waals surface area contributed by atoms with E-state index in [1.165, 1.54) is 15.3 Å². The molecule has 146 valence electrons. The molecule has 8 heteroatoms. The Balaban J connectivity index is 1.98. The van der Waals surface area contributed by atoms with Crippen LogP contribution in [0, 0.1) is 0 Å². The van der Waals surface area contributed by atoms with Crippen LogP contribution >= 0.6 is 0 Å². The van der Waals surface area contributed by atoms with Gasteiger partial charge in [-0.15, -0.1) is 10.2 Å². The lowest BCUT2D eigenvalue weighted by Crippen LogP contribution is -2.42. The van der Waals surface area contributed by atoms with Gasteiger partial charge in [0.15, 0.2) is 0 Å². The molecule has 0 aliphatic carbocycles. The number of tetrazole rings is 1. The first-order valence-electron chi connectivity index (χ1n) is 9.25. The molecule has 2 aromatic rings. The predicted octanol–water partition coefficient (Wildman–Crippen LogP) is 1.79. The van der Waals surface area contributed by atoms with Gasteiger partial charge in [0.1, 0.15) is 6.54 Å². The number of benzene rings is 1. The van der Waals surface area contributed by atoms with E-state index in [-0.39, 0.29) is 24.9 Å². The summed E-state index contributed by atoms with van der Waals surface area (Å²) >= 11 is 0. The maximum atomic E-state index is 12.3. The first-order valence-corrected chi connectivity index (χ1v) is 9.25. The maximum Gasteiger partial charge on any atom is 0.246 e. The molecule has 1 heterocycles. The molecule has 0 aliphatic rings. The number of carbonyl (C=O) groups excluding carboxylic acids is 2. The molecular weight excluding hydrogens is 344 g/mol. The summed E-state index contributed by atoms with van der Waals surface area (Å²) in [6, 6.07) is 7.98. The lowest BCUT2D eigenvalue weighted by Gasteiger charge is -2.22. The number of amides is 2. The van der Waals surface area contributed by atoms with Crippen molar-refractivity contribution in [1.82, 2.24) is 30.0 Å². The van der Waals surface area contributed by atoms with Crippen molar-refractivity contribution in [1.29, 1.82) is 0 Å². The van der Waals surface area contributed by atoms with Crippen molar-refractivity contribution in [3.8, 4) is 11.4 Å². The molecule has 0 saturated carbocycles. The minimum absolute atomic E-state index is 0.0404. The second kappa shape index (κ2) is 9.25. The Morgan fingerprint density at radius 3 is 2.26 bits per heavy atom. The monoisotopic (exact) mass is 372 g/mol. The molecule has 0 N–H and O–H groups in total. The van der Waals surface area contributed by atoms with Crippen LogP contribution in [-0.4, -0.2) is 68.5 Å². The van der Waals surface area contributed by atoms with Crippen molar-refractivity contribution in [2.24, 2.45) is 0 Å². The zero-order valence-electron chi connectivity index (χ0n) is 16.7. The van der Waals surface area contributed by atoms with E-state index in [2.05, 4.69) is 29.3 Å². The molecule has 1 aromatic carbocycles. The van der Waals surface area contributed by atoms with Gasteiger partial charge in [-0.25, -0.2) is 0 Å². The standard InChI is InChI=1S/C19H28N6O2/c1-6-24(7-2)18(27)12-23(5)17(26)13-25-21-19(20-22-25)16-10-8-15(9-11-16)14(3)4/h8-11,14H,6-7,12-13H2,1-5H3. The average molecular weight is 372 g/mol. The summed E-state index contributed by atoms with van der Waals surface area (Å²) in [5.41, 5.74) is 2.09. The van der Waals surface area contributed by atoms with Gasteiger partial charge in [0, 0.05) is 25.7 Å². The summed E-state index contributed by atoms with van der Waals surface area (Å²) in [5, 5.41) is 12.3. The summed E-state index contributed by atoms with van der Waals surface area (Å²) in [5.74, 6) is 0.609. The van der Waals surface area contributed by atoms with Crippen LogP contribution < -0.4 is 0 Å². The van der Waals surface area contributed by atoms with Crippen molar-refractivity contribution in [3.63, 3.8) is 0 Å². The molecule has 0 fully saturated rings. The Morgan fingerprint density at radius 1 is 1.07 bits per heavy atom. The highest BCUT2D eigenvalue weighted by atomic mass is 16.2. The van der Waals surface area contributed by atoms with Gasteiger partial charge >= 0.3 is 0 Å². The zero-order chi connectivity index (χ0) is 20.0. The lowest BCUT2D eigenvalue weighted by atomic mass is 10.0. The molecule has 0 saturated heterocycles. The molecule has 0 unspecified atom stereocenters. The Bertz CT molecular complexity index is 765. The fourth-order valence-corrected chi connectivity index (χ4v) is 2.65. The summed E-state index contributed by atoms with van der Waals surface area (Å²) < 4.78 is 0. The van der Waals surface area contributed by atoms with Crippen LogP contribution in [0.1, 0.15) is 39.2 Å². The van der Waals surface area contributed by atoms with E-state index in [4.69, 9.17) is 0 Å². The van der Waals surface area contributed by atoms with E-state index in [1.807, 2.05) is 38.1 Å². The quantitative estimate of drug-likeness (QED) is 0.705. The minimum atomic E-state index is -0.241. The molecular formula is C19H28N6O2. The van der Waals surface area contributed by atoms with Crippen LogP contribution in [0.15, 0.2) is 24.3 Å². The van der Waals surface area contributed by atoms with Crippen LogP contribution in [0.3, 0.4) is 0 Å². The number of carbonyl (C=O) groups is 2. The number of hydrogen-bond acceptors (Lipinski definition) is 5. The lowest BCUT2D eigenvalue weighted by molar-refractivity contribution is -0.139. The first kappa shape index (κ1) is 20.5. The highest BCUT2D eigenvalue weighted by molar-refractivity contribution is 5.84. The van der Waals surface area contributed by atoms with Gasteiger partial charge in [-0.2, -0.15) is 4.80 Å². The Hall–Kier alpha value is -2.77. The van der Waals surface area contributed by atoms with Crippen molar-refractivity contribution >= 4 is 11.8 Å². The molecule has 8 nitrogen and oxygen atoms in total. The number of aromatic nitrogens is 4. The second-order valence-electron chi connectivity index (χ2n) is 6.74. The van der Waals surface area contributed by atoms with E-state index in [9.17, 15) is 9.59 Å². The highest BCUT2D eigenvalue weighted by Crippen LogP contribution is 2.19. The highest BCUT2D eigenvalue weighted by Gasteiger charge is 2.18. The van der Waals surface area contributed by atoms with Crippen molar-refractivity contribution in [2.75, 3.05) is 26.7 Å². The smallest absolute Gasteiger partial charge is 0.246 e. The van der Waals surface area contributed by atoms with Gasteiger partial charge in [-0.1, -0.05) is 38.1 Å². The zero-order valence-corrected chi connectivity index (χ0v) is 16.7. The van der Waals surface area contributed by atoms with Gasteiger partial charge < -0.3 is 9.80 Å². The van der Waals surface area contributed by atoms with Crippen molar-refractivity contribution < 1.29 is 9.59 Å². The van der Waals surface area contributed by atoms with E-state index >= 15 is 0 Å². The predicted molar refractivity (Wildman–Crippen MR) is 103 cm³/mol. The van der Waals surface area contributed by atoms with E-state index in [0.717, 1.165) is 5.56 Å². The fourth-order valence-electron chi connectivity index (χ4n) is 2.65. The molecule has 0 radical (unpaired) electrons. The SMILES string of the molecule is CCN(CC)C(=O)CN(C)C(=O)Cn1nnc(-c2ccc(C(C)C)cc2)n1. The molecule has 0 bridgehead atoms. The maximum absolute atomic E-state index is 12.3. The first-order chi connectivity index (χ1) is 12.8. The number of likely N-dealkylation sites (N-methyl/N-ethyl adjacent to an activating group) is 2. The number of nitrogens with zero attached hydrogens (tertiary/aromatic N) is 6. The van der Waals surface area contributed by atoms with Crippen molar-refractivity contribution in [3.05, 3.63) is 29.8 Å². The number of hydrogen-bond donors (Lipinski definition) is 0. The third kappa shape index (κ3) is 5.35. The second-order valence-corrected chi connectivity index (χ2v) is 6.74. The third-order valence-corrected chi connectivity index (χ3v) is 4.48. The van der Waals surface area contributed by atoms with Gasteiger partial charge in [0.05, 0.1) is 6.54 Å². The van der Waals surface area contributed by atoms with Gasteiger partial charge in [0.25, 0.3) is 0 Å². The van der Waals surface area contributed by atoms with Crippen molar-refractivity contribution in [2.45, 2.75) is 40.2 Å². The summed E-state index contributed by atoms with van der Waals surface area (Å²) in [7, 11) is 1.60. The Morgan fingerprint density at radius 2 is 1.70 bits per heavy atom.